The molecule has 2 rings (SSSR count). The second-order valence-corrected chi connectivity index (χ2v) is 3.82. The normalized spacial score (nSPS) is 10.1. The average Bonchev–Trinajstić information content (AvgIpc) is 2.30. The molecule has 0 saturated heterocycles. The van der Waals surface area contributed by atoms with Gasteiger partial charge in [0.2, 0.25) is 0 Å². The topological polar surface area (TPSA) is 35.0 Å². The molecule has 0 fully saturated rings. The highest BCUT2D eigenvalue weighted by Gasteiger charge is 2.01. The van der Waals surface area contributed by atoms with Crippen molar-refractivity contribution in [2.24, 2.45) is 0 Å². The van der Waals surface area contributed by atoms with Crippen molar-refractivity contribution in [2.75, 3.05) is 0 Å². The van der Waals surface area contributed by atoms with Gasteiger partial charge >= 0.3 is 0 Å². The molecule has 0 aliphatic heterocycles. The van der Waals surface area contributed by atoms with Crippen LogP contribution in [0.1, 0.15) is 5.56 Å². The molecule has 0 atom stereocenters. The molecule has 16 heavy (non-hydrogen) atoms. The van der Waals surface area contributed by atoms with Gasteiger partial charge in [0.05, 0.1) is 0 Å². The number of rotatable bonds is 3. The maximum Gasteiger partial charge on any atom is 0.171 e. The molecule has 3 nitrogen and oxygen atoms in total. The van der Waals surface area contributed by atoms with E-state index in [9.17, 15) is 0 Å². The van der Waals surface area contributed by atoms with Gasteiger partial charge < -0.3 is 4.74 Å². The first-order valence-electron chi connectivity index (χ1n) is 4.59. The van der Waals surface area contributed by atoms with Gasteiger partial charge in [-0.3, -0.25) is 0 Å². The predicted octanol–water partition coefficient (Wildman–Crippen LogP) is 3.36. The number of halogens is 2. The third-order valence-electron chi connectivity index (χ3n) is 1.91. The van der Waals surface area contributed by atoms with Crippen molar-refractivity contribution in [3.63, 3.8) is 0 Å². The summed E-state index contributed by atoms with van der Waals surface area (Å²) in [6.07, 6.45) is 3.27. The van der Waals surface area contributed by atoms with Crippen LogP contribution in [-0.2, 0) is 6.61 Å². The Morgan fingerprint density at radius 1 is 1.12 bits per heavy atom. The summed E-state index contributed by atoms with van der Waals surface area (Å²) < 4.78 is 5.49. The first-order chi connectivity index (χ1) is 7.75. The molecule has 0 spiro atoms. The van der Waals surface area contributed by atoms with Crippen molar-refractivity contribution >= 4 is 23.2 Å². The Kier molecular flexibility index (Phi) is 3.59. The van der Waals surface area contributed by atoms with Gasteiger partial charge in [-0.1, -0.05) is 29.3 Å². The van der Waals surface area contributed by atoms with Crippen LogP contribution in [-0.4, -0.2) is 9.97 Å². The summed E-state index contributed by atoms with van der Waals surface area (Å²) in [5.41, 5.74) is 0.921. The maximum atomic E-state index is 5.84. The van der Waals surface area contributed by atoms with Crippen molar-refractivity contribution in [1.29, 1.82) is 0 Å². The highest BCUT2D eigenvalue weighted by Crippen LogP contribution is 2.21. The van der Waals surface area contributed by atoms with E-state index in [0.717, 1.165) is 5.56 Å². The molecule has 2 heterocycles. The van der Waals surface area contributed by atoms with Crippen molar-refractivity contribution in [2.45, 2.75) is 6.61 Å². The van der Waals surface area contributed by atoms with E-state index in [2.05, 4.69) is 9.97 Å². The van der Waals surface area contributed by atoms with Crippen LogP contribution in [0, 0.1) is 0 Å². The summed E-state index contributed by atoms with van der Waals surface area (Å²) in [4.78, 5) is 7.86. The monoisotopic (exact) mass is 254 g/mol. The highest BCUT2D eigenvalue weighted by atomic mass is 35.5. The number of hydrogen-bond donors (Lipinski definition) is 0. The van der Waals surface area contributed by atoms with E-state index in [1.165, 1.54) is 0 Å². The number of pyridine rings is 2. The first kappa shape index (κ1) is 11.2. The highest BCUT2D eigenvalue weighted by molar-refractivity contribution is 6.30. The Balaban J connectivity index is 2.02. The van der Waals surface area contributed by atoms with Crippen LogP contribution >= 0.6 is 23.2 Å². The minimum atomic E-state index is 0.351. The molecule has 0 radical (unpaired) electrons. The Hall–Kier alpha value is -1.32. The van der Waals surface area contributed by atoms with Gasteiger partial charge in [0.1, 0.15) is 11.8 Å². The molecule has 2 aromatic rings. The fraction of sp³-hybridized carbons (Fsp3) is 0.0909. The lowest BCUT2D eigenvalue weighted by molar-refractivity contribution is 0.305. The molecule has 0 unspecified atom stereocenters. The second kappa shape index (κ2) is 5.14. The van der Waals surface area contributed by atoms with Gasteiger partial charge in [0.15, 0.2) is 10.9 Å². The molecular weight excluding hydrogens is 247 g/mol. The quantitative estimate of drug-likeness (QED) is 0.789. The fourth-order valence-corrected chi connectivity index (χ4v) is 1.42. The lowest BCUT2D eigenvalue weighted by Gasteiger charge is -2.06. The summed E-state index contributed by atoms with van der Waals surface area (Å²) in [5.74, 6) is 0.555. The zero-order valence-corrected chi connectivity index (χ0v) is 9.74. The van der Waals surface area contributed by atoms with E-state index < -0.39 is 0 Å². The molecule has 0 amide bonds. The number of ether oxygens (including phenoxy) is 1. The Morgan fingerprint density at radius 2 is 2.00 bits per heavy atom. The fourth-order valence-electron chi connectivity index (χ4n) is 1.13. The van der Waals surface area contributed by atoms with Gasteiger partial charge in [-0.2, -0.15) is 0 Å². The van der Waals surface area contributed by atoms with Crippen molar-refractivity contribution in [3.05, 3.63) is 52.5 Å². The molecule has 82 valence electrons. The molecule has 5 heteroatoms. The van der Waals surface area contributed by atoms with Crippen LogP contribution in [0.2, 0.25) is 10.3 Å². The van der Waals surface area contributed by atoms with Crippen LogP contribution in [0.3, 0.4) is 0 Å². The second-order valence-electron chi connectivity index (χ2n) is 3.07. The summed E-state index contributed by atoms with van der Waals surface area (Å²) in [5, 5.41) is 0.813. The molecule has 0 N–H and O–H groups in total. The number of nitrogens with zero attached hydrogens (tertiary/aromatic N) is 2. The van der Waals surface area contributed by atoms with Crippen molar-refractivity contribution in [1.82, 2.24) is 9.97 Å². The van der Waals surface area contributed by atoms with Crippen LogP contribution in [0.15, 0.2) is 36.7 Å². The van der Waals surface area contributed by atoms with Gasteiger partial charge in [-0.15, -0.1) is 0 Å². The third-order valence-corrected chi connectivity index (χ3v) is 2.42. The van der Waals surface area contributed by atoms with E-state index in [4.69, 9.17) is 27.9 Å². The van der Waals surface area contributed by atoms with Gasteiger partial charge in [0.25, 0.3) is 0 Å². The van der Waals surface area contributed by atoms with E-state index >= 15 is 0 Å². The first-order valence-corrected chi connectivity index (χ1v) is 5.35. The van der Waals surface area contributed by atoms with Gasteiger partial charge in [0, 0.05) is 18.0 Å². The Morgan fingerprint density at radius 3 is 2.69 bits per heavy atom. The van der Waals surface area contributed by atoms with Gasteiger partial charge in [-0.25, -0.2) is 9.97 Å². The lowest BCUT2D eigenvalue weighted by Crippen LogP contribution is -1.97. The minimum Gasteiger partial charge on any atom is -0.486 e. The average molecular weight is 255 g/mol. The van der Waals surface area contributed by atoms with Gasteiger partial charge in [-0.05, 0) is 18.2 Å². The van der Waals surface area contributed by atoms with E-state index in [-0.39, 0.29) is 0 Å². The standard InChI is InChI=1S/C11H8Cl2N2O/c12-10-4-3-8(6-15-10)7-16-9-2-1-5-14-11(9)13/h1-6H,7H2. The molecule has 0 aliphatic carbocycles. The third kappa shape index (κ3) is 2.84. The largest absolute Gasteiger partial charge is 0.486 e. The smallest absolute Gasteiger partial charge is 0.171 e. The number of aromatic nitrogens is 2. The van der Waals surface area contributed by atoms with Crippen LogP contribution in [0.25, 0.3) is 0 Å². The van der Waals surface area contributed by atoms with E-state index in [1.807, 2.05) is 6.07 Å². The minimum absolute atomic E-state index is 0.351. The Labute approximate surface area is 103 Å². The molecular formula is C11H8Cl2N2O. The molecule has 0 bridgehead atoms. The van der Waals surface area contributed by atoms with Crippen LogP contribution < -0.4 is 4.74 Å². The van der Waals surface area contributed by atoms with Crippen LogP contribution in [0.4, 0.5) is 0 Å². The lowest BCUT2D eigenvalue weighted by atomic mass is 10.3. The Bertz CT molecular complexity index is 474. The molecule has 0 aliphatic rings. The summed E-state index contributed by atoms with van der Waals surface area (Å²) in [7, 11) is 0. The predicted molar refractivity (Wildman–Crippen MR) is 62.8 cm³/mol. The molecule has 0 saturated carbocycles. The van der Waals surface area contributed by atoms with E-state index in [0.29, 0.717) is 22.7 Å². The zero-order valence-electron chi connectivity index (χ0n) is 8.23. The van der Waals surface area contributed by atoms with Crippen molar-refractivity contribution in [3.8, 4) is 5.75 Å². The molecule has 0 aromatic carbocycles. The summed E-state index contributed by atoms with van der Waals surface area (Å²) in [6.45, 7) is 0.385. The van der Waals surface area contributed by atoms with Crippen LogP contribution in [0.5, 0.6) is 5.75 Å². The SMILES string of the molecule is Clc1ccc(COc2cccnc2Cl)cn1. The van der Waals surface area contributed by atoms with Crippen molar-refractivity contribution < 1.29 is 4.74 Å². The number of hydrogen-bond acceptors (Lipinski definition) is 3. The van der Waals surface area contributed by atoms with E-state index in [1.54, 1.807) is 30.6 Å². The summed E-state index contributed by atoms with van der Waals surface area (Å²) >= 11 is 11.5. The molecule has 2 aromatic heterocycles. The maximum absolute atomic E-state index is 5.84. The summed E-state index contributed by atoms with van der Waals surface area (Å²) in [6, 6.07) is 7.09. The zero-order chi connectivity index (χ0) is 11.4.